The van der Waals surface area contributed by atoms with Crippen molar-refractivity contribution in [2.45, 2.75) is 25.8 Å². The van der Waals surface area contributed by atoms with Crippen LogP contribution in [-0.2, 0) is 26.4 Å². The number of nitrogens with two attached hydrogens (primary N) is 1. The molecule has 4 aromatic rings. The number of hydrogen-bond acceptors (Lipinski definition) is 4. The first-order valence-corrected chi connectivity index (χ1v) is 11.5. The number of aromatic nitrogens is 2. The van der Waals surface area contributed by atoms with Crippen molar-refractivity contribution in [1.29, 1.82) is 10.7 Å². The second kappa shape index (κ2) is 10.7. The van der Waals surface area contributed by atoms with Crippen molar-refractivity contribution in [3.8, 4) is 6.07 Å². The molecule has 0 radical (unpaired) electrons. The lowest BCUT2D eigenvalue weighted by Crippen LogP contribution is -2.31. The Bertz CT molecular complexity index is 1380. The van der Waals surface area contributed by atoms with Crippen molar-refractivity contribution in [2.75, 3.05) is 6.54 Å². The number of amides is 1. The summed E-state index contributed by atoms with van der Waals surface area (Å²) in [4.78, 5) is 19.9. The maximum atomic E-state index is 13.3. The fourth-order valence-corrected chi connectivity index (χ4v) is 4.14. The third kappa shape index (κ3) is 5.56. The lowest BCUT2D eigenvalue weighted by atomic mass is 10.1. The van der Waals surface area contributed by atoms with Crippen LogP contribution in [-0.4, -0.2) is 32.7 Å². The number of benzene rings is 3. The summed E-state index contributed by atoms with van der Waals surface area (Å²) < 4.78 is 2.06. The van der Waals surface area contributed by atoms with Gasteiger partial charge in [0.2, 0.25) is 0 Å². The van der Waals surface area contributed by atoms with Gasteiger partial charge in [0.1, 0.15) is 11.7 Å². The van der Waals surface area contributed by atoms with E-state index in [9.17, 15) is 4.79 Å². The second-order valence-electron chi connectivity index (χ2n) is 8.52. The highest BCUT2D eigenvalue weighted by atomic mass is 16.2. The molecule has 1 aromatic heterocycles. The predicted molar refractivity (Wildman–Crippen MR) is 137 cm³/mol. The van der Waals surface area contributed by atoms with E-state index in [1.807, 2.05) is 79.8 Å². The maximum absolute atomic E-state index is 13.3. The number of aryl methyl sites for hydroxylation is 3. The van der Waals surface area contributed by atoms with Gasteiger partial charge in [0.05, 0.1) is 23.5 Å². The van der Waals surface area contributed by atoms with Gasteiger partial charge in [-0.2, -0.15) is 5.26 Å². The number of hydrogen-bond donors (Lipinski definition) is 2. The Labute approximate surface area is 204 Å². The summed E-state index contributed by atoms with van der Waals surface area (Å²) >= 11 is 0. The number of nitriles is 1. The van der Waals surface area contributed by atoms with Gasteiger partial charge < -0.3 is 15.2 Å². The molecule has 0 bridgehead atoms. The van der Waals surface area contributed by atoms with E-state index < -0.39 is 0 Å². The summed E-state index contributed by atoms with van der Waals surface area (Å²) in [6.07, 6.45) is 1.83. The van der Waals surface area contributed by atoms with Gasteiger partial charge in [0, 0.05) is 37.7 Å². The number of nitrogens with one attached hydrogen (secondary N) is 1. The van der Waals surface area contributed by atoms with Crippen LogP contribution in [0, 0.1) is 16.7 Å². The second-order valence-corrected chi connectivity index (χ2v) is 8.52. The lowest BCUT2D eigenvalue weighted by Gasteiger charge is -2.22. The van der Waals surface area contributed by atoms with Gasteiger partial charge in [-0.15, -0.1) is 0 Å². The number of amidine groups is 1. The zero-order chi connectivity index (χ0) is 24.8. The minimum absolute atomic E-state index is 0.0622. The molecule has 0 fully saturated rings. The molecule has 3 N–H and O–H groups in total. The Balaban J connectivity index is 1.52. The highest BCUT2D eigenvalue weighted by Gasteiger charge is 2.18. The summed E-state index contributed by atoms with van der Waals surface area (Å²) in [7, 11) is 1.99. The van der Waals surface area contributed by atoms with Gasteiger partial charge in [-0.3, -0.25) is 10.2 Å². The zero-order valence-electron chi connectivity index (χ0n) is 19.7. The van der Waals surface area contributed by atoms with Crippen LogP contribution in [0.2, 0.25) is 0 Å². The third-order valence-corrected chi connectivity index (χ3v) is 6.12. The number of fused-ring (bicyclic) bond motifs is 1. The Morgan fingerprint density at radius 2 is 1.74 bits per heavy atom. The Hall–Kier alpha value is -4.44. The van der Waals surface area contributed by atoms with Crippen molar-refractivity contribution in [3.05, 3.63) is 101 Å². The lowest BCUT2D eigenvalue weighted by molar-refractivity contribution is 0.0747. The van der Waals surface area contributed by atoms with Gasteiger partial charge in [-0.1, -0.05) is 54.6 Å². The quantitative estimate of drug-likeness (QED) is 0.286. The van der Waals surface area contributed by atoms with Crippen LogP contribution in [0.4, 0.5) is 0 Å². The smallest absolute Gasteiger partial charge is 0.254 e. The molecule has 0 atom stereocenters. The minimum atomic E-state index is -0.108. The van der Waals surface area contributed by atoms with Crippen LogP contribution in [0.5, 0.6) is 0 Å². The molecule has 1 heterocycles. The average molecular weight is 465 g/mol. The van der Waals surface area contributed by atoms with Crippen molar-refractivity contribution < 1.29 is 4.79 Å². The topological polar surface area (TPSA) is 112 Å². The van der Waals surface area contributed by atoms with Crippen LogP contribution in [0.15, 0.2) is 72.8 Å². The number of rotatable bonds is 9. The molecule has 35 heavy (non-hydrogen) atoms. The summed E-state index contributed by atoms with van der Waals surface area (Å²) in [6, 6.07) is 25.2. The molecule has 7 heteroatoms. The molecule has 0 saturated carbocycles. The molecule has 0 saturated heterocycles. The van der Waals surface area contributed by atoms with E-state index >= 15 is 0 Å². The number of imidazole rings is 1. The first-order valence-electron chi connectivity index (χ1n) is 11.5. The number of carbonyl (C=O) groups is 1. The first kappa shape index (κ1) is 23.7. The summed E-state index contributed by atoms with van der Waals surface area (Å²) in [5.41, 5.74) is 10.7. The van der Waals surface area contributed by atoms with E-state index in [1.165, 1.54) is 0 Å². The van der Waals surface area contributed by atoms with E-state index in [0.29, 0.717) is 24.2 Å². The fraction of sp³-hybridized carbons (Fsp3) is 0.214. The van der Waals surface area contributed by atoms with Crippen molar-refractivity contribution >= 4 is 22.8 Å². The molecular weight excluding hydrogens is 436 g/mol. The molecule has 3 aromatic carbocycles. The molecule has 176 valence electrons. The van der Waals surface area contributed by atoms with Crippen molar-refractivity contribution in [3.63, 3.8) is 0 Å². The summed E-state index contributed by atoms with van der Waals surface area (Å²) in [6.45, 7) is 0.827. The average Bonchev–Trinajstić information content (AvgIpc) is 3.20. The number of nitrogen functional groups attached to an aromatic ring is 1. The number of carbonyl (C=O) groups excluding carboxylic acids is 1. The SMILES string of the molecule is Cn1c(CCc2ccc(C(=N)N)cc2)nc2cc(C(=O)N(CCC#N)Cc3ccccc3)ccc21. The van der Waals surface area contributed by atoms with Crippen molar-refractivity contribution in [1.82, 2.24) is 14.5 Å². The zero-order valence-corrected chi connectivity index (χ0v) is 19.7. The monoisotopic (exact) mass is 464 g/mol. The molecule has 0 aliphatic carbocycles. The van der Waals surface area contributed by atoms with E-state index in [-0.39, 0.29) is 18.2 Å². The van der Waals surface area contributed by atoms with Crippen molar-refractivity contribution in [2.24, 2.45) is 12.8 Å². The molecule has 0 aliphatic heterocycles. The highest BCUT2D eigenvalue weighted by molar-refractivity contribution is 5.97. The van der Waals surface area contributed by atoms with E-state index in [1.54, 1.807) is 4.90 Å². The highest BCUT2D eigenvalue weighted by Crippen LogP contribution is 2.20. The molecule has 0 spiro atoms. The molecule has 0 unspecified atom stereocenters. The van der Waals surface area contributed by atoms with Gasteiger partial charge in [0.25, 0.3) is 5.91 Å². The molecular formula is C28H28N6O. The molecule has 4 rings (SSSR count). The van der Waals surface area contributed by atoms with Gasteiger partial charge in [-0.05, 0) is 35.7 Å². The summed E-state index contributed by atoms with van der Waals surface area (Å²) in [5, 5.41) is 16.6. The van der Waals surface area contributed by atoms with Gasteiger partial charge in [-0.25, -0.2) is 4.98 Å². The predicted octanol–water partition coefficient (Wildman–Crippen LogP) is 4.20. The Morgan fingerprint density at radius 1 is 1.03 bits per heavy atom. The molecule has 1 amide bonds. The van der Waals surface area contributed by atoms with E-state index in [0.717, 1.165) is 40.8 Å². The fourth-order valence-electron chi connectivity index (χ4n) is 4.14. The van der Waals surface area contributed by atoms with E-state index in [4.69, 9.17) is 21.4 Å². The van der Waals surface area contributed by atoms with Crippen LogP contribution < -0.4 is 5.73 Å². The van der Waals surface area contributed by atoms with Gasteiger partial charge >= 0.3 is 0 Å². The summed E-state index contributed by atoms with van der Waals surface area (Å²) in [5.74, 6) is 0.891. The first-order chi connectivity index (χ1) is 17.0. The minimum Gasteiger partial charge on any atom is -0.384 e. The van der Waals surface area contributed by atoms with Crippen LogP contribution in [0.1, 0.15) is 39.3 Å². The van der Waals surface area contributed by atoms with E-state index in [2.05, 4.69) is 10.6 Å². The van der Waals surface area contributed by atoms with Crippen LogP contribution in [0.3, 0.4) is 0 Å². The number of nitrogens with zero attached hydrogens (tertiary/aromatic N) is 4. The Morgan fingerprint density at radius 3 is 2.43 bits per heavy atom. The molecule has 7 nitrogen and oxygen atoms in total. The maximum Gasteiger partial charge on any atom is 0.254 e. The Kier molecular flexibility index (Phi) is 7.22. The largest absolute Gasteiger partial charge is 0.384 e. The molecule has 0 aliphatic rings. The normalized spacial score (nSPS) is 10.7. The standard InChI is InChI=1S/C28H28N6O/c1-33-25-14-13-23(28(35)34(17-5-16-29)19-21-6-3-2-4-7-21)18-24(25)32-26(33)15-10-20-8-11-22(12-9-20)27(30)31/h2-4,6-9,11-14,18H,5,10,15,17,19H2,1H3,(H3,30,31). The third-order valence-electron chi connectivity index (χ3n) is 6.12. The van der Waals surface area contributed by atoms with Gasteiger partial charge in [0.15, 0.2) is 0 Å². The van der Waals surface area contributed by atoms with Crippen LogP contribution in [0.25, 0.3) is 11.0 Å². The van der Waals surface area contributed by atoms with Crippen LogP contribution >= 0.6 is 0 Å².